The van der Waals surface area contributed by atoms with Crippen molar-refractivity contribution < 1.29 is 14.3 Å². The van der Waals surface area contributed by atoms with Crippen molar-refractivity contribution >= 4 is 29.0 Å². The van der Waals surface area contributed by atoms with Gasteiger partial charge in [-0.15, -0.1) is 11.8 Å². The number of hydrogen-bond donors (Lipinski definition) is 3. The second-order valence-electron chi connectivity index (χ2n) is 4.45. The van der Waals surface area contributed by atoms with E-state index in [1.54, 1.807) is 13.8 Å². The monoisotopic (exact) mass is 286 g/mol. The fourth-order valence-electron chi connectivity index (χ4n) is 1.37. The van der Waals surface area contributed by atoms with Gasteiger partial charge in [0.25, 0.3) is 0 Å². The van der Waals surface area contributed by atoms with Crippen molar-refractivity contribution in [3.05, 3.63) is 24.0 Å². The van der Waals surface area contributed by atoms with Crippen LogP contribution in [0.3, 0.4) is 0 Å². The molecule has 4 nitrogen and oxygen atoms in total. The summed E-state index contributed by atoms with van der Waals surface area (Å²) in [5.41, 5.74) is 6.00. The number of amides is 1. The van der Waals surface area contributed by atoms with Gasteiger partial charge in [0.15, 0.2) is 0 Å². The van der Waals surface area contributed by atoms with E-state index in [0.717, 1.165) is 0 Å². The first kappa shape index (κ1) is 15.8. The zero-order chi connectivity index (χ0) is 14.6. The van der Waals surface area contributed by atoms with Gasteiger partial charge in [-0.1, -0.05) is 6.92 Å². The molecule has 4 N–H and O–H groups in total. The van der Waals surface area contributed by atoms with Crippen molar-refractivity contribution in [1.29, 1.82) is 0 Å². The maximum Gasteiger partial charge on any atom is 0.237 e. The van der Waals surface area contributed by atoms with E-state index in [0.29, 0.717) is 5.69 Å². The Morgan fingerprint density at radius 1 is 1.42 bits per heavy atom. The van der Waals surface area contributed by atoms with E-state index in [1.165, 1.54) is 30.0 Å². The maximum atomic E-state index is 13.5. The predicted molar refractivity (Wildman–Crippen MR) is 77.6 cm³/mol. The molecule has 0 fully saturated rings. The average Bonchev–Trinajstić information content (AvgIpc) is 2.33. The number of anilines is 2. The molecule has 0 saturated carbocycles. The minimum absolute atomic E-state index is 0.0714. The van der Waals surface area contributed by atoms with Gasteiger partial charge in [-0.25, -0.2) is 4.39 Å². The van der Waals surface area contributed by atoms with Crippen LogP contribution in [0, 0.1) is 5.82 Å². The van der Waals surface area contributed by atoms with Crippen LogP contribution in [-0.4, -0.2) is 27.6 Å². The van der Waals surface area contributed by atoms with E-state index in [1.807, 2.05) is 6.92 Å². The standard InChI is InChI=1S/C13H19FN2O2S/c1-7(17)8(2)19-9(3)13(18)16-12-6-10(15)4-5-11(12)14/h4-9,17H,15H2,1-3H3,(H,16,18). The third-order valence-electron chi connectivity index (χ3n) is 2.72. The summed E-state index contributed by atoms with van der Waals surface area (Å²) < 4.78 is 13.5. The van der Waals surface area contributed by atoms with Crippen molar-refractivity contribution in [1.82, 2.24) is 0 Å². The van der Waals surface area contributed by atoms with Crippen LogP contribution in [0.5, 0.6) is 0 Å². The maximum absolute atomic E-state index is 13.5. The molecule has 0 aliphatic carbocycles. The van der Waals surface area contributed by atoms with Crippen LogP contribution in [0.15, 0.2) is 18.2 Å². The van der Waals surface area contributed by atoms with Crippen molar-refractivity contribution in [2.24, 2.45) is 0 Å². The number of nitrogens with two attached hydrogens (primary N) is 1. The fourth-order valence-corrected chi connectivity index (χ4v) is 2.42. The van der Waals surface area contributed by atoms with Crippen LogP contribution < -0.4 is 11.1 Å². The number of benzene rings is 1. The van der Waals surface area contributed by atoms with Crippen LogP contribution in [0.1, 0.15) is 20.8 Å². The molecule has 0 saturated heterocycles. The van der Waals surface area contributed by atoms with Gasteiger partial charge >= 0.3 is 0 Å². The first-order chi connectivity index (χ1) is 8.81. The number of aliphatic hydroxyl groups excluding tert-OH is 1. The SMILES string of the molecule is CC(SC(C)C(C)O)C(=O)Nc1cc(N)ccc1F. The molecule has 0 bridgehead atoms. The Morgan fingerprint density at radius 3 is 2.63 bits per heavy atom. The summed E-state index contributed by atoms with van der Waals surface area (Å²) in [6.07, 6.45) is -0.510. The Labute approximate surface area is 116 Å². The minimum atomic E-state index is -0.525. The van der Waals surface area contributed by atoms with E-state index in [4.69, 9.17) is 5.73 Å². The third-order valence-corrected chi connectivity index (χ3v) is 4.16. The lowest BCUT2D eigenvalue weighted by atomic mass is 10.2. The lowest BCUT2D eigenvalue weighted by molar-refractivity contribution is -0.115. The molecule has 0 aliphatic heterocycles. The fraction of sp³-hybridized carbons (Fsp3) is 0.462. The smallest absolute Gasteiger partial charge is 0.237 e. The highest BCUT2D eigenvalue weighted by molar-refractivity contribution is 8.01. The number of nitrogens with one attached hydrogen (secondary N) is 1. The normalized spacial score (nSPS) is 15.6. The van der Waals surface area contributed by atoms with Crippen LogP contribution in [0.25, 0.3) is 0 Å². The number of carbonyl (C=O) groups excluding carboxylic acids is 1. The number of rotatable bonds is 5. The molecule has 0 spiro atoms. The van der Waals surface area contributed by atoms with E-state index in [-0.39, 0.29) is 16.8 Å². The van der Waals surface area contributed by atoms with Gasteiger partial charge < -0.3 is 16.2 Å². The van der Waals surface area contributed by atoms with Crippen LogP contribution in [0.2, 0.25) is 0 Å². The molecule has 3 unspecified atom stereocenters. The summed E-state index contributed by atoms with van der Waals surface area (Å²) in [5, 5.41) is 11.4. The zero-order valence-electron chi connectivity index (χ0n) is 11.2. The summed E-state index contributed by atoms with van der Waals surface area (Å²) in [4.78, 5) is 11.9. The number of thioether (sulfide) groups is 1. The summed E-state index contributed by atoms with van der Waals surface area (Å²) >= 11 is 1.33. The summed E-state index contributed by atoms with van der Waals surface area (Å²) in [7, 11) is 0. The van der Waals surface area contributed by atoms with E-state index >= 15 is 0 Å². The molecule has 1 rings (SSSR count). The molecule has 106 valence electrons. The summed E-state index contributed by atoms with van der Waals surface area (Å²) in [5.74, 6) is -0.842. The minimum Gasteiger partial charge on any atom is -0.399 e. The Morgan fingerprint density at radius 2 is 2.05 bits per heavy atom. The Balaban J connectivity index is 2.66. The number of nitrogen functional groups attached to an aromatic ring is 1. The van der Waals surface area contributed by atoms with E-state index < -0.39 is 17.2 Å². The topological polar surface area (TPSA) is 75.3 Å². The number of carbonyl (C=O) groups is 1. The van der Waals surface area contributed by atoms with E-state index in [2.05, 4.69) is 5.32 Å². The molecule has 1 amide bonds. The predicted octanol–water partition coefficient (Wildman–Crippen LogP) is 2.24. The van der Waals surface area contributed by atoms with Crippen molar-refractivity contribution in [2.75, 3.05) is 11.1 Å². The molecular weight excluding hydrogens is 267 g/mol. The van der Waals surface area contributed by atoms with E-state index in [9.17, 15) is 14.3 Å². The second kappa shape index (κ2) is 6.77. The summed E-state index contributed by atoms with van der Waals surface area (Å²) in [6, 6.07) is 4.02. The first-order valence-electron chi connectivity index (χ1n) is 6.00. The molecule has 19 heavy (non-hydrogen) atoms. The molecule has 1 aromatic carbocycles. The van der Waals surface area contributed by atoms with Gasteiger partial charge in [0.05, 0.1) is 17.0 Å². The van der Waals surface area contributed by atoms with Crippen molar-refractivity contribution in [2.45, 2.75) is 37.4 Å². The Hall–Kier alpha value is -1.27. The van der Waals surface area contributed by atoms with Crippen LogP contribution in [-0.2, 0) is 4.79 Å². The van der Waals surface area contributed by atoms with Gasteiger partial charge in [0, 0.05) is 10.9 Å². The Kier molecular flexibility index (Phi) is 5.62. The number of aliphatic hydroxyl groups is 1. The Bertz CT molecular complexity index is 454. The highest BCUT2D eigenvalue weighted by Crippen LogP contribution is 2.23. The zero-order valence-corrected chi connectivity index (χ0v) is 12.0. The molecule has 3 atom stereocenters. The van der Waals surface area contributed by atoms with Crippen LogP contribution >= 0.6 is 11.8 Å². The third kappa shape index (κ3) is 4.72. The van der Waals surface area contributed by atoms with Gasteiger partial charge in [0.1, 0.15) is 5.82 Å². The van der Waals surface area contributed by atoms with Crippen molar-refractivity contribution in [3.63, 3.8) is 0 Å². The van der Waals surface area contributed by atoms with Gasteiger partial charge in [0.2, 0.25) is 5.91 Å². The molecular formula is C13H19FN2O2S. The number of hydrogen-bond acceptors (Lipinski definition) is 4. The summed E-state index contributed by atoms with van der Waals surface area (Å²) in [6.45, 7) is 5.21. The first-order valence-corrected chi connectivity index (χ1v) is 6.95. The lowest BCUT2D eigenvalue weighted by Gasteiger charge is -2.19. The highest BCUT2D eigenvalue weighted by Gasteiger charge is 2.20. The molecule has 0 radical (unpaired) electrons. The highest BCUT2D eigenvalue weighted by atomic mass is 32.2. The lowest BCUT2D eigenvalue weighted by Crippen LogP contribution is -2.27. The van der Waals surface area contributed by atoms with Gasteiger partial charge in [-0.2, -0.15) is 0 Å². The molecule has 0 aliphatic rings. The van der Waals surface area contributed by atoms with Gasteiger partial charge in [-0.05, 0) is 32.0 Å². The largest absolute Gasteiger partial charge is 0.399 e. The molecule has 1 aromatic rings. The van der Waals surface area contributed by atoms with Crippen molar-refractivity contribution in [3.8, 4) is 0 Å². The molecule has 0 heterocycles. The molecule has 0 aromatic heterocycles. The van der Waals surface area contributed by atoms with Gasteiger partial charge in [-0.3, -0.25) is 4.79 Å². The second-order valence-corrected chi connectivity index (χ2v) is 6.18. The average molecular weight is 286 g/mol. The number of halogens is 1. The van der Waals surface area contributed by atoms with Crippen LogP contribution in [0.4, 0.5) is 15.8 Å². The molecule has 6 heteroatoms. The quantitative estimate of drug-likeness (QED) is 0.726.